The third-order valence-electron chi connectivity index (χ3n) is 4.74. The minimum atomic E-state index is -0.676. The van der Waals surface area contributed by atoms with E-state index < -0.39 is 5.92 Å². The number of hydrogen-bond donors (Lipinski definition) is 3. The second kappa shape index (κ2) is 9.75. The molecule has 7 nitrogen and oxygen atoms in total. The number of rotatable bonds is 6. The van der Waals surface area contributed by atoms with Crippen LogP contribution in [0.1, 0.15) is 25.8 Å². The molecule has 8 heteroatoms. The maximum Gasteiger partial charge on any atom is 0.319 e. The summed E-state index contributed by atoms with van der Waals surface area (Å²) >= 11 is 3.41. The average molecular weight is 473 g/mol. The van der Waals surface area contributed by atoms with Gasteiger partial charge >= 0.3 is 6.03 Å². The fourth-order valence-corrected chi connectivity index (χ4v) is 3.66. The summed E-state index contributed by atoms with van der Waals surface area (Å²) in [4.78, 5) is 38.6. The Morgan fingerprint density at radius 2 is 1.90 bits per heavy atom. The van der Waals surface area contributed by atoms with Crippen molar-refractivity contribution in [3.8, 4) is 0 Å². The van der Waals surface area contributed by atoms with Gasteiger partial charge in [0.1, 0.15) is 5.92 Å². The molecule has 4 amide bonds. The van der Waals surface area contributed by atoms with E-state index in [4.69, 9.17) is 0 Å². The largest absolute Gasteiger partial charge is 0.351 e. The van der Waals surface area contributed by atoms with Crippen molar-refractivity contribution < 1.29 is 14.4 Å². The molecule has 0 radical (unpaired) electrons. The van der Waals surface area contributed by atoms with Gasteiger partial charge in [-0.15, -0.1) is 0 Å². The van der Waals surface area contributed by atoms with Gasteiger partial charge in [-0.2, -0.15) is 0 Å². The van der Waals surface area contributed by atoms with E-state index in [9.17, 15) is 14.4 Å². The average Bonchev–Trinajstić information content (AvgIpc) is 3.08. The number of benzene rings is 2. The third-order valence-corrected chi connectivity index (χ3v) is 5.23. The minimum absolute atomic E-state index is 0.0529. The summed E-state index contributed by atoms with van der Waals surface area (Å²) in [5.74, 6) is -1.12. The Balaban J connectivity index is 1.52. The van der Waals surface area contributed by atoms with Gasteiger partial charge in [-0.3, -0.25) is 9.59 Å². The second-order valence-electron chi connectivity index (χ2n) is 7.48. The van der Waals surface area contributed by atoms with Crippen molar-refractivity contribution in [2.45, 2.75) is 32.9 Å². The van der Waals surface area contributed by atoms with E-state index in [1.807, 2.05) is 50.2 Å². The first kappa shape index (κ1) is 21.8. The van der Waals surface area contributed by atoms with E-state index in [0.717, 1.165) is 15.7 Å². The number of urea groups is 1. The highest BCUT2D eigenvalue weighted by atomic mass is 79.9. The monoisotopic (exact) mass is 472 g/mol. The summed E-state index contributed by atoms with van der Waals surface area (Å²) in [5.41, 5.74) is 2.33. The van der Waals surface area contributed by atoms with Gasteiger partial charge in [0.2, 0.25) is 11.8 Å². The van der Waals surface area contributed by atoms with Crippen LogP contribution in [-0.2, 0) is 16.1 Å². The molecule has 0 aromatic heterocycles. The number of carbonyl (C=O) groups excluding carboxylic acids is 3. The van der Waals surface area contributed by atoms with E-state index >= 15 is 0 Å². The Bertz CT molecular complexity index is 930. The van der Waals surface area contributed by atoms with Crippen LogP contribution in [0, 0.1) is 5.92 Å². The Morgan fingerprint density at radius 3 is 2.57 bits per heavy atom. The lowest BCUT2D eigenvalue weighted by Crippen LogP contribution is -2.36. The van der Waals surface area contributed by atoms with Gasteiger partial charge in [-0.05, 0) is 56.2 Å². The predicted molar refractivity (Wildman–Crippen MR) is 120 cm³/mol. The van der Waals surface area contributed by atoms with Crippen LogP contribution in [0.5, 0.6) is 0 Å². The zero-order valence-corrected chi connectivity index (χ0v) is 18.5. The Kier molecular flexibility index (Phi) is 7.10. The summed E-state index contributed by atoms with van der Waals surface area (Å²) in [6.45, 7) is 4.61. The number of nitrogens with zero attached hydrogens (tertiary/aromatic N) is 1. The maximum atomic E-state index is 12.7. The van der Waals surface area contributed by atoms with Gasteiger partial charge in [0.15, 0.2) is 0 Å². The molecular formula is C22H25BrN4O3. The third kappa shape index (κ3) is 5.60. The number of carbonyl (C=O) groups is 3. The quantitative estimate of drug-likeness (QED) is 0.560. The zero-order valence-electron chi connectivity index (χ0n) is 16.9. The fourth-order valence-electron chi connectivity index (χ4n) is 3.27. The molecule has 1 aliphatic rings. The highest BCUT2D eigenvalue weighted by Gasteiger charge is 2.37. The summed E-state index contributed by atoms with van der Waals surface area (Å²) in [6.07, 6.45) is 0.491. The number of anilines is 2. The van der Waals surface area contributed by atoms with E-state index in [1.165, 1.54) is 0 Å². The highest BCUT2D eigenvalue weighted by molar-refractivity contribution is 9.10. The SMILES string of the molecule is CC(C)NC(=O)Nc1ccc(CNC(=O)C2CCN(c3cccc(Br)c3)C2=O)cc1. The Hall–Kier alpha value is -2.87. The van der Waals surface area contributed by atoms with Crippen LogP contribution in [0.3, 0.4) is 0 Å². The van der Waals surface area contributed by atoms with Crippen molar-refractivity contribution >= 4 is 45.2 Å². The van der Waals surface area contributed by atoms with E-state index in [1.54, 1.807) is 17.0 Å². The molecule has 2 aromatic rings. The summed E-state index contributed by atoms with van der Waals surface area (Å²) in [6, 6.07) is 14.5. The second-order valence-corrected chi connectivity index (χ2v) is 8.39. The van der Waals surface area contributed by atoms with Crippen molar-refractivity contribution in [2.24, 2.45) is 5.92 Å². The number of hydrogen-bond acceptors (Lipinski definition) is 3. The Labute approximate surface area is 184 Å². The molecule has 0 saturated carbocycles. The van der Waals surface area contributed by atoms with Crippen LogP contribution in [0.15, 0.2) is 53.0 Å². The van der Waals surface area contributed by atoms with E-state index in [-0.39, 0.29) is 23.9 Å². The summed E-state index contributed by atoms with van der Waals surface area (Å²) in [7, 11) is 0. The molecule has 3 N–H and O–H groups in total. The molecule has 1 unspecified atom stereocenters. The van der Waals surface area contributed by atoms with Crippen molar-refractivity contribution in [3.63, 3.8) is 0 Å². The van der Waals surface area contributed by atoms with Crippen LogP contribution in [0.25, 0.3) is 0 Å². The van der Waals surface area contributed by atoms with Crippen LogP contribution < -0.4 is 20.9 Å². The van der Waals surface area contributed by atoms with Gasteiger partial charge in [-0.25, -0.2) is 4.79 Å². The lowest BCUT2D eigenvalue weighted by atomic mass is 10.1. The standard InChI is InChI=1S/C22H25BrN4O3/c1-14(2)25-22(30)26-17-8-6-15(7-9-17)13-24-20(28)19-10-11-27(21(19)29)18-5-3-4-16(23)12-18/h3-9,12,14,19H,10-11,13H2,1-2H3,(H,24,28)(H2,25,26,30). The van der Waals surface area contributed by atoms with Gasteiger partial charge in [0.25, 0.3) is 0 Å². The molecule has 2 aromatic carbocycles. The van der Waals surface area contributed by atoms with Gasteiger partial charge < -0.3 is 20.9 Å². The molecule has 0 spiro atoms. The molecule has 1 heterocycles. The first-order valence-electron chi connectivity index (χ1n) is 9.84. The van der Waals surface area contributed by atoms with Crippen LogP contribution >= 0.6 is 15.9 Å². The molecular weight excluding hydrogens is 448 g/mol. The fraction of sp³-hybridized carbons (Fsp3) is 0.318. The number of amides is 4. The van der Waals surface area contributed by atoms with Crippen molar-refractivity contribution in [3.05, 3.63) is 58.6 Å². The van der Waals surface area contributed by atoms with E-state index in [2.05, 4.69) is 31.9 Å². The predicted octanol–water partition coefficient (Wildman–Crippen LogP) is 3.65. The summed E-state index contributed by atoms with van der Waals surface area (Å²) in [5, 5.41) is 8.35. The molecule has 3 rings (SSSR count). The smallest absolute Gasteiger partial charge is 0.319 e. The number of nitrogens with one attached hydrogen (secondary N) is 3. The summed E-state index contributed by atoms with van der Waals surface area (Å²) < 4.78 is 0.889. The Morgan fingerprint density at radius 1 is 1.17 bits per heavy atom. The molecule has 1 fully saturated rings. The molecule has 158 valence electrons. The first-order chi connectivity index (χ1) is 14.3. The lowest BCUT2D eigenvalue weighted by Gasteiger charge is -2.17. The molecule has 1 aliphatic heterocycles. The van der Waals surface area contributed by atoms with Crippen molar-refractivity contribution in [1.29, 1.82) is 0 Å². The highest BCUT2D eigenvalue weighted by Crippen LogP contribution is 2.27. The molecule has 1 atom stereocenters. The zero-order chi connectivity index (χ0) is 21.7. The molecule has 1 saturated heterocycles. The van der Waals surface area contributed by atoms with Crippen LogP contribution in [0.4, 0.5) is 16.2 Å². The van der Waals surface area contributed by atoms with Gasteiger partial charge in [-0.1, -0.05) is 34.1 Å². The topological polar surface area (TPSA) is 90.5 Å². The first-order valence-corrected chi connectivity index (χ1v) is 10.6. The van der Waals surface area contributed by atoms with Crippen LogP contribution in [-0.4, -0.2) is 30.4 Å². The van der Waals surface area contributed by atoms with Crippen molar-refractivity contribution in [1.82, 2.24) is 10.6 Å². The maximum absolute atomic E-state index is 12.7. The number of halogens is 1. The molecule has 30 heavy (non-hydrogen) atoms. The minimum Gasteiger partial charge on any atom is -0.351 e. The van der Waals surface area contributed by atoms with Crippen molar-refractivity contribution in [2.75, 3.05) is 16.8 Å². The molecule has 0 bridgehead atoms. The lowest BCUT2D eigenvalue weighted by molar-refractivity contribution is -0.132. The normalized spacial score (nSPS) is 15.9. The van der Waals surface area contributed by atoms with Gasteiger partial charge in [0, 0.05) is 35.0 Å². The molecule has 0 aliphatic carbocycles. The van der Waals surface area contributed by atoms with E-state index in [0.29, 0.717) is 25.2 Å². The van der Waals surface area contributed by atoms with Crippen LogP contribution in [0.2, 0.25) is 0 Å². The van der Waals surface area contributed by atoms with Gasteiger partial charge in [0.05, 0.1) is 0 Å².